The number of fused-ring (bicyclic) bond motifs is 1. The number of ether oxygens (including phenoxy) is 2. The molecule has 3 rings (SSSR count). The number of hydrogen-bond donors (Lipinski definition) is 0. The molecule has 23 heavy (non-hydrogen) atoms. The summed E-state index contributed by atoms with van der Waals surface area (Å²) in [4.78, 5) is 11.9. The maximum Gasteiger partial charge on any atom is 0.336 e. The van der Waals surface area contributed by atoms with Gasteiger partial charge in [0.2, 0.25) is 0 Å². The fourth-order valence-corrected chi connectivity index (χ4v) is 3.09. The minimum Gasteiger partial charge on any atom is -0.465 e. The van der Waals surface area contributed by atoms with E-state index in [2.05, 4.69) is 13.8 Å². The van der Waals surface area contributed by atoms with Crippen LogP contribution in [0.1, 0.15) is 44.2 Å². The molecule has 0 saturated carbocycles. The molecule has 0 aliphatic carbocycles. The summed E-state index contributed by atoms with van der Waals surface area (Å²) in [6.07, 6.45) is 3.75. The van der Waals surface area contributed by atoms with Gasteiger partial charge in [0.25, 0.3) is 0 Å². The van der Waals surface area contributed by atoms with Gasteiger partial charge in [0, 0.05) is 23.4 Å². The molecule has 1 saturated heterocycles. The Labute approximate surface area is 136 Å². The first-order valence-electron chi connectivity index (χ1n) is 8.39. The molecular formula is C19H24O4. The highest BCUT2D eigenvalue weighted by molar-refractivity contribution is 5.85. The Bertz CT molecular complexity index is 739. The van der Waals surface area contributed by atoms with E-state index >= 15 is 0 Å². The predicted octanol–water partition coefficient (Wildman–Crippen LogP) is 4.21. The molecule has 1 aliphatic heterocycles. The van der Waals surface area contributed by atoms with Crippen LogP contribution in [0.5, 0.6) is 5.75 Å². The third-order valence-electron chi connectivity index (χ3n) is 4.22. The number of rotatable bonds is 4. The largest absolute Gasteiger partial charge is 0.465 e. The molecule has 1 aliphatic rings. The van der Waals surface area contributed by atoms with E-state index in [4.69, 9.17) is 13.9 Å². The fourth-order valence-electron chi connectivity index (χ4n) is 3.09. The van der Waals surface area contributed by atoms with Gasteiger partial charge >= 0.3 is 5.63 Å². The van der Waals surface area contributed by atoms with E-state index in [1.54, 1.807) is 6.07 Å². The molecule has 0 spiro atoms. The normalized spacial score (nSPS) is 18.5. The summed E-state index contributed by atoms with van der Waals surface area (Å²) in [5.74, 6) is 1.21. The van der Waals surface area contributed by atoms with Crippen molar-refractivity contribution < 1.29 is 13.9 Å². The second-order valence-corrected chi connectivity index (χ2v) is 6.67. The lowest BCUT2D eigenvalue weighted by Crippen LogP contribution is -2.25. The third-order valence-corrected chi connectivity index (χ3v) is 4.22. The van der Waals surface area contributed by atoms with Crippen molar-refractivity contribution >= 4 is 11.0 Å². The molecular weight excluding hydrogens is 292 g/mol. The maximum absolute atomic E-state index is 11.9. The molecule has 0 radical (unpaired) electrons. The van der Waals surface area contributed by atoms with Crippen molar-refractivity contribution in [3.63, 3.8) is 0 Å². The van der Waals surface area contributed by atoms with Gasteiger partial charge < -0.3 is 13.9 Å². The Balaban J connectivity index is 1.99. The van der Waals surface area contributed by atoms with Crippen molar-refractivity contribution in [1.29, 1.82) is 0 Å². The first-order valence-corrected chi connectivity index (χ1v) is 8.39. The molecule has 4 heteroatoms. The Morgan fingerprint density at radius 1 is 1.30 bits per heavy atom. The van der Waals surface area contributed by atoms with Crippen LogP contribution in [0.3, 0.4) is 0 Å². The van der Waals surface area contributed by atoms with Gasteiger partial charge in [-0.05, 0) is 49.8 Å². The average Bonchev–Trinajstić information content (AvgIpc) is 2.51. The van der Waals surface area contributed by atoms with Crippen molar-refractivity contribution in [3.05, 3.63) is 39.7 Å². The third kappa shape index (κ3) is 3.58. The summed E-state index contributed by atoms with van der Waals surface area (Å²) in [6.45, 7) is 6.96. The van der Waals surface area contributed by atoms with Gasteiger partial charge in [-0.25, -0.2) is 4.79 Å². The maximum atomic E-state index is 11.9. The molecule has 4 nitrogen and oxygen atoms in total. The summed E-state index contributed by atoms with van der Waals surface area (Å²) in [7, 11) is 0. The Morgan fingerprint density at radius 3 is 2.83 bits per heavy atom. The summed E-state index contributed by atoms with van der Waals surface area (Å²) in [5.41, 5.74) is 2.22. The van der Waals surface area contributed by atoms with Gasteiger partial charge in [-0.15, -0.1) is 0 Å². The van der Waals surface area contributed by atoms with Crippen LogP contribution in [0.2, 0.25) is 0 Å². The van der Waals surface area contributed by atoms with Gasteiger partial charge in [0.05, 0.1) is 6.61 Å². The molecule has 1 aromatic heterocycles. The Morgan fingerprint density at radius 2 is 2.13 bits per heavy atom. The highest BCUT2D eigenvalue weighted by atomic mass is 16.7. The van der Waals surface area contributed by atoms with E-state index in [0.29, 0.717) is 11.5 Å². The zero-order valence-corrected chi connectivity index (χ0v) is 14.1. The Kier molecular flexibility index (Phi) is 4.71. The molecule has 1 aromatic carbocycles. The molecule has 2 heterocycles. The molecule has 0 bridgehead atoms. The van der Waals surface area contributed by atoms with Crippen molar-refractivity contribution in [3.8, 4) is 5.75 Å². The lowest BCUT2D eigenvalue weighted by molar-refractivity contribution is -0.106. The van der Waals surface area contributed by atoms with Crippen LogP contribution in [-0.4, -0.2) is 12.9 Å². The van der Waals surface area contributed by atoms with Gasteiger partial charge in [-0.2, -0.15) is 0 Å². The number of aryl methyl sites for hydroxylation is 1. The van der Waals surface area contributed by atoms with Crippen molar-refractivity contribution in [1.82, 2.24) is 0 Å². The molecule has 124 valence electrons. The number of benzene rings is 1. The van der Waals surface area contributed by atoms with E-state index in [1.165, 1.54) is 0 Å². The van der Waals surface area contributed by atoms with Gasteiger partial charge in [-0.3, -0.25) is 0 Å². The second kappa shape index (κ2) is 6.75. The molecule has 0 amide bonds. The van der Waals surface area contributed by atoms with E-state index in [1.807, 2.05) is 19.1 Å². The first-order chi connectivity index (χ1) is 11.0. The van der Waals surface area contributed by atoms with Crippen molar-refractivity contribution in [2.24, 2.45) is 5.92 Å². The van der Waals surface area contributed by atoms with Gasteiger partial charge in [-0.1, -0.05) is 13.8 Å². The van der Waals surface area contributed by atoms with E-state index in [-0.39, 0.29) is 11.9 Å². The molecule has 2 aromatic rings. The summed E-state index contributed by atoms with van der Waals surface area (Å²) in [5, 5.41) is 0.993. The van der Waals surface area contributed by atoms with E-state index < -0.39 is 0 Å². The standard InChI is InChI=1S/C19H24O4/c1-12(2)10-14-11-17(20)23-19-13(3)16(8-7-15(14)19)22-18-6-4-5-9-21-18/h7-8,11-12,18H,4-6,9-10H2,1-3H3. The number of hydrogen-bond acceptors (Lipinski definition) is 4. The first kappa shape index (κ1) is 16.1. The summed E-state index contributed by atoms with van der Waals surface area (Å²) < 4.78 is 17.1. The lowest BCUT2D eigenvalue weighted by atomic mass is 9.98. The SMILES string of the molecule is Cc1c(OC2CCCCO2)ccc2c(CC(C)C)cc(=O)oc12. The molecule has 1 unspecified atom stereocenters. The topological polar surface area (TPSA) is 48.7 Å². The van der Waals surface area contributed by atoms with Crippen LogP contribution < -0.4 is 10.4 Å². The Hall–Kier alpha value is -1.81. The highest BCUT2D eigenvalue weighted by Crippen LogP contribution is 2.31. The smallest absolute Gasteiger partial charge is 0.336 e. The van der Waals surface area contributed by atoms with Crippen LogP contribution in [0.15, 0.2) is 27.4 Å². The predicted molar refractivity (Wildman–Crippen MR) is 90.0 cm³/mol. The second-order valence-electron chi connectivity index (χ2n) is 6.67. The minimum atomic E-state index is -0.303. The van der Waals surface area contributed by atoms with Crippen LogP contribution >= 0.6 is 0 Å². The summed E-state index contributed by atoms with van der Waals surface area (Å²) >= 11 is 0. The van der Waals surface area contributed by atoms with Crippen LogP contribution in [-0.2, 0) is 11.2 Å². The van der Waals surface area contributed by atoms with Gasteiger partial charge in [0.15, 0.2) is 6.29 Å². The van der Waals surface area contributed by atoms with Crippen LogP contribution in [0.25, 0.3) is 11.0 Å². The van der Waals surface area contributed by atoms with E-state index in [9.17, 15) is 4.79 Å². The minimum absolute atomic E-state index is 0.203. The molecule has 1 atom stereocenters. The lowest BCUT2D eigenvalue weighted by Gasteiger charge is -2.24. The van der Waals surface area contributed by atoms with Crippen molar-refractivity contribution in [2.45, 2.75) is 52.7 Å². The zero-order chi connectivity index (χ0) is 16.4. The average molecular weight is 316 g/mol. The molecule has 1 fully saturated rings. The zero-order valence-electron chi connectivity index (χ0n) is 14.1. The summed E-state index contributed by atoms with van der Waals surface area (Å²) in [6, 6.07) is 5.55. The van der Waals surface area contributed by atoms with E-state index in [0.717, 1.165) is 54.6 Å². The highest BCUT2D eigenvalue weighted by Gasteiger charge is 2.18. The quantitative estimate of drug-likeness (QED) is 0.793. The van der Waals surface area contributed by atoms with Crippen LogP contribution in [0, 0.1) is 12.8 Å². The fraction of sp³-hybridized carbons (Fsp3) is 0.526. The monoisotopic (exact) mass is 316 g/mol. The van der Waals surface area contributed by atoms with Crippen molar-refractivity contribution in [2.75, 3.05) is 6.61 Å². The van der Waals surface area contributed by atoms with Crippen LogP contribution in [0.4, 0.5) is 0 Å². The van der Waals surface area contributed by atoms with Gasteiger partial charge in [0.1, 0.15) is 11.3 Å². The molecule has 0 N–H and O–H groups in total.